The number of carbonyl (C=O) groups is 1. The molecule has 232 valence electrons. The smallest absolute Gasteiger partial charge is 0.355 e. The number of nitrogens with two attached hydrogens (primary N) is 1. The third kappa shape index (κ3) is 5.78. The summed E-state index contributed by atoms with van der Waals surface area (Å²) in [6.07, 6.45) is 3.05. The average molecular weight is 620 g/mol. The van der Waals surface area contributed by atoms with Gasteiger partial charge in [-0.2, -0.15) is 4.98 Å². The number of hydrogen-bond acceptors (Lipinski definition) is 7. The van der Waals surface area contributed by atoms with E-state index >= 15 is 0 Å². The summed E-state index contributed by atoms with van der Waals surface area (Å²) >= 11 is 6.82. The van der Waals surface area contributed by atoms with Crippen LogP contribution in [0, 0.1) is 12.7 Å². The maximum Gasteiger partial charge on any atom is 0.355 e. The molecule has 44 heavy (non-hydrogen) atoms. The van der Waals surface area contributed by atoms with Gasteiger partial charge in [-0.3, -0.25) is 9.78 Å². The number of piperazine rings is 1. The number of hydrogen-bond donors (Lipinski definition) is 1. The quantitative estimate of drug-likeness (QED) is 0.214. The molecule has 0 aliphatic carbocycles. The van der Waals surface area contributed by atoms with Gasteiger partial charge in [-0.05, 0) is 62.6 Å². The zero-order valence-electron chi connectivity index (χ0n) is 24.9. The van der Waals surface area contributed by atoms with Crippen molar-refractivity contribution in [1.29, 1.82) is 0 Å². The van der Waals surface area contributed by atoms with Crippen LogP contribution in [0.2, 0.25) is 5.02 Å². The Labute approximate surface area is 262 Å². The summed E-state index contributed by atoms with van der Waals surface area (Å²) in [7, 11) is 0. The summed E-state index contributed by atoms with van der Waals surface area (Å²) in [6, 6.07) is 7.73. The van der Waals surface area contributed by atoms with E-state index in [-0.39, 0.29) is 54.0 Å². The predicted octanol–water partition coefficient (Wildman–Crippen LogP) is 5.82. The van der Waals surface area contributed by atoms with Crippen LogP contribution in [0.1, 0.15) is 63.6 Å². The molecular formula is C33H39ClFN7O2. The lowest BCUT2D eigenvalue weighted by atomic mass is 10.0. The third-order valence-electron chi connectivity index (χ3n) is 7.95. The number of nitrogens with zero attached hydrogens (tertiary/aromatic N) is 6. The van der Waals surface area contributed by atoms with Crippen molar-refractivity contribution >= 4 is 40.0 Å². The molecule has 4 heterocycles. The van der Waals surface area contributed by atoms with E-state index in [0.717, 1.165) is 5.56 Å². The third-order valence-corrected chi connectivity index (χ3v) is 8.27. The van der Waals surface area contributed by atoms with Gasteiger partial charge in [0, 0.05) is 49.0 Å². The van der Waals surface area contributed by atoms with Crippen molar-refractivity contribution in [3.05, 3.63) is 93.0 Å². The van der Waals surface area contributed by atoms with E-state index in [4.69, 9.17) is 22.3 Å². The lowest BCUT2D eigenvalue weighted by Crippen LogP contribution is -2.58. The number of aromatic nitrogens is 4. The minimum absolute atomic E-state index is 0. The van der Waals surface area contributed by atoms with Gasteiger partial charge in [0.1, 0.15) is 11.6 Å². The van der Waals surface area contributed by atoms with Crippen LogP contribution in [0.4, 0.5) is 15.9 Å². The number of halogens is 2. The maximum absolute atomic E-state index is 14.8. The Morgan fingerprint density at radius 3 is 2.50 bits per heavy atom. The second kappa shape index (κ2) is 12.7. The Kier molecular flexibility index (Phi) is 9.44. The highest BCUT2D eigenvalue weighted by Crippen LogP contribution is 2.34. The minimum atomic E-state index is -0.531. The molecule has 1 amide bonds. The molecule has 0 unspecified atom stereocenters. The number of carbonyl (C=O) groups excluding carboxylic acids is 1. The molecule has 1 aliphatic heterocycles. The van der Waals surface area contributed by atoms with Gasteiger partial charge in [-0.15, -0.1) is 0 Å². The van der Waals surface area contributed by atoms with E-state index in [1.54, 1.807) is 29.3 Å². The van der Waals surface area contributed by atoms with Gasteiger partial charge in [-0.25, -0.2) is 18.7 Å². The van der Waals surface area contributed by atoms with Crippen molar-refractivity contribution < 1.29 is 9.18 Å². The van der Waals surface area contributed by atoms with Crippen molar-refractivity contribution in [3.63, 3.8) is 0 Å². The topological polar surface area (TPSA) is 110 Å². The van der Waals surface area contributed by atoms with Crippen LogP contribution >= 0.6 is 11.6 Å². The zero-order valence-corrected chi connectivity index (χ0v) is 25.7. The van der Waals surface area contributed by atoms with Gasteiger partial charge in [0.15, 0.2) is 5.65 Å². The second-order valence-corrected chi connectivity index (χ2v) is 11.8. The number of aryl methyl sites for hydroxylation is 1. The normalized spacial score (nSPS) is 16.7. The Balaban J connectivity index is 0.00000442. The Morgan fingerprint density at radius 2 is 1.89 bits per heavy atom. The number of pyridine rings is 2. The molecule has 1 aliphatic rings. The van der Waals surface area contributed by atoms with Crippen LogP contribution in [-0.2, 0) is 11.2 Å². The molecule has 9 nitrogen and oxygen atoms in total. The fourth-order valence-corrected chi connectivity index (χ4v) is 6.18. The molecule has 0 bridgehead atoms. The Bertz CT molecular complexity index is 1770. The van der Waals surface area contributed by atoms with Crippen LogP contribution in [0.15, 0.2) is 54.0 Å². The van der Waals surface area contributed by atoms with Crippen molar-refractivity contribution in [2.45, 2.75) is 66.5 Å². The lowest BCUT2D eigenvalue weighted by Gasteiger charge is -2.44. The summed E-state index contributed by atoms with van der Waals surface area (Å²) in [5, 5.41) is 0.840. The van der Waals surface area contributed by atoms with Gasteiger partial charge in [0.2, 0.25) is 5.91 Å². The number of rotatable bonds is 6. The molecule has 0 radical (unpaired) electrons. The van der Waals surface area contributed by atoms with Crippen molar-refractivity contribution in [3.8, 4) is 5.69 Å². The molecule has 4 aromatic rings. The summed E-state index contributed by atoms with van der Waals surface area (Å²) in [5.74, 6) is -0.202. The number of benzene rings is 1. The number of fused-ring (bicyclic) bond motifs is 1. The molecule has 1 saturated heterocycles. The van der Waals surface area contributed by atoms with E-state index in [1.807, 2.05) is 45.6 Å². The lowest BCUT2D eigenvalue weighted by molar-refractivity contribution is -0.130. The average Bonchev–Trinajstić information content (AvgIpc) is 2.95. The molecule has 3 aromatic heterocycles. The first-order chi connectivity index (χ1) is 20.4. The Hall–Kier alpha value is -4.31. The highest BCUT2D eigenvalue weighted by Gasteiger charge is 2.34. The molecule has 1 fully saturated rings. The molecule has 2 N–H and O–H groups in total. The predicted molar refractivity (Wildman–Crippen MR) is 175 cm³/mol. The SMILES string of the molecule is C.C=CC(=O)N1[C@H](C)CN(c2nc(=O)n(-c3c(C)ccnc3C(C)C)c3nc(Cc4c(N)cccc4F)c(Cl)cc23)C[C@@H]1C. The van der Waals surface area contributed by atoms with Crippen molar-refractivity contribution in [2.75, 3.05) is 23.7 Å². The van der Waals surface area contributed by atoms with Gasteiger partial charge in [0.05, 0.1) is 27.5 Å². The van der Waals surface area contributed by atoms with E-state index < -0.39 is 11.5 Å². The molecule has 2 atom stereocenters. The van der Waals surface area contributed by atoms with Crippen LogP contribution in [0.3, 0.4) is 0 Å². The summed E-state index contributed by atoms with van der Waals surface area (Å²) < 4.78 is 16.3. The first kappa shape index (κ1) is 32.6. The number of amides is 1. The molecule has 5 rings (SSSR count). The van der Waals surface area contributed by atoms with Crippen LogP contribution in [0.25, 0.3) is 16.7 Å². The summed E-state index contributed by atoms with van der Waals surface area (Å²) in [5.41, 5.74) is 8.97. The fraction of sp³-hybridized carbons (Fsp3) is 0.364. The molecule has 11 heteroatoms. The summed E-state index contributed by atoms with van der Waals surface area (Å²) in [4.78, 5) is 44.5. The molecule has 0 saturated carbocycles. The maximum atomic E-state index is 14.8. The summed E-state index contributed by atoms with van der Waals surface area (Å²) in [6.45, 7) is 14.3. The van der Waals surface area contributed by atoms with Gasteiger partial charge in [-0.1, -0.05) is 45.5 Å². The van der Waals surface area contributed by atoms with E-state index in [2.05, 4.69) is 16.5 Å². The van der Waals surface area contributed by atoms with Gasteiger partial charge >= 0.3 is 5.69 Å². The van der Waals surface area contributed by atoms with Gasteiger partial charge in [0.25, 0.3) is 0 Å². The molecular weight excluding hydrogens is 581 g/mol. The number of nitrogen functional groups attached to an aromatic ring is 1. The van der Waals surface area contributed by atoms with E-state index in [1.165, 1.54) is 16.7 Å². The zero-order chi connectivity index (χ0) is 31.2. The van der Waals surface area contributed by atoms with E-state index in [0.29, 0.717) is 47.0 Å². The minimum Gasteiger partial charge on any atom is -0.398 e. The first-order valence-electron chi connectivity index (χ1n) is 14.2. The van der Waals surface area contributed by atoms with Gasteiger partial charge < -0.3 is 15.5 Å². The van der Waals surface area contributed by atoms with Crippen molar-refractivity contribution in [2.24, 2.45) is 0 Å². The monoisotopic (exact) mass is 619 g/mol. The first-order valence-corrected chi connectivity index (χ1v) is 14.6. The standard InChI is InChI=1S/C32H35ClFN7O2.CH4/c1-7-27(42)40-19(5)15-39(16-20(40)6)30-22-13-23(33)26(14-21-24(34)9-8-10-25(21)35)37-31(22)41(32(43)38-30)29-18(4)11-12-36-28(29)17(2)3;/h7-13,17,19-20H,1,14-16,35H2,2-6H3;1H4/t19-,20+;. The largest absolute Gasteiger partial charge is 0.398 e. The van der Waals surface area contributed by atoms with Crippen LogP contribution < -0.4 is 16.3 Å². The highest BCUT2D eigenvalue weighted by atomic mass is 35.5. The fourth-order valence-electron chi connectivity index (χ4n) is 5.96. The van der Waals surface area contributed by atoms with Crippen LogP contribution in [-0.4, -0.2) is 55.5 Å². The van der Waals surface area contributed by atoms with Crippen LogP contribution in [0.5, 0.6) is 0 Å². The Morgan fingerprint density at radius 1 is 1.20 bits per heavy atom. The molecule has 0 spiro atoms. The van der Waals surface area contributed by atoms with E-state index in [9.17, 15) is 14.0 Å². The van der Waals surface area contributed by atoms with Crippen molar-refractivity contribution in [1.82, 2.24) is 24.4 Å². The second-order valence-electron chi connectivity index (χ2n) is 11.4. The highest BCUT2D eigenvalue weighted by molar-refractivity contribution is 6.32. The molecule has 1 aromatic carbocycles. The number of anilines is 2.